The zero-order chi connectivity index (χ0) is 13.9. The average Bonchev–Trinajstić information content (AvgIpc) is 2.38. The fraction of sp³-hybridized carbons (Fsp3) is 0.625. The molecule has 0 spiro atoms. The number of rotatable bonds is 4. The van der Waals surface area contributed by atoms with Crippen LogP contribution in [-0.2, 0) is 0 Å². The molecule has 19 heavy (non-hydrogen) atoms. The van der Waals surface area contributed by atoms with Gasteiger partial charge in [0.25, 0.3) is 0 Å². The molecule has 106 valence electrons. The molecule has 0 saturated heterocycles. The Morgan fingerprint density at radius 3 is 2.16 bits per heavy atom. The van der Waals surface area contributed by atoms with E-state index in [9.17, 15) is 0 Å². The molecule has 1 atom stereocenters. The van der Waals surface area contributed by atoms with Crippen LogP contribution in [0.3, 0.4) is 0 Å². The van der Waals surface area contributed by atoms with Crippen molar-refractivity contribution in [2.45, 2.75) is 57.8 Å². The lowest BCUT2D eigenvalue weighted by Gasteiger charge is -2.28. The van der Waals surface area contributed by atoms with Crippen molar-refractivity contribution in [3.05, 3.63) is 29.8 Å². The smallest absolute Gasteiger partial charge is 0.242 e. The summed E-state index contributed by atoms with van der Waals surface area (Å²) in [6.45, 7) is 6.61. The molecule has 3 heteroatoms. The van der Waals surface area contributed by atoms with Crippen LogP contribution in [0.4, 0.5) is 0 Å². The zero-order valence-corrected chi connectivity index (χ0v) is 13.5. The molecule has 1 saturated carbocycles. The third-order valence-electron chi connectivity index (χ3n) is 3.85. The zero-order valence-electron chi connectivity index (χ0n) is 12.5. The molecule has 0 aromatic heterocycles. The van der Waals surface area contributed by atoms with E-state index in [0.717, 1.165) is 5.75 Å². The van der Waals surface area contributed by atoms with E-state index in [-0.39, 0.29) is 6.04 Å². The maximum absolute atomic E-state index is 6.41. The van der Waals surface area contributed by atoms with Crippen molar-refractivity contribution in [1.29, 1.82) is 0 Å². The molecule has 0 aliphatic heterocycles. The van der Waals surface area contributed by atoms with Gasteiger partial charge in [0.15, 0.2) is 0 Å². The Balaban J connectivity index is 2.01. The Kier molecular flexibility index (Phi) is 4.69. The highest BCUT2D eigenvalue weighted by Gasteiger charge is 2.22. The van der Waals surface area contributed by atoms with E-state index in [1.54, 1.807) is 0 Å². The Morgan fingerprint density at radius 1 is 1.05 bits per heavy atom. The standard InChI is InChI=1S/C16H27NOSi/c1-19(2,3)18-15-11-9-14(10-12-15)16(17)13-7-5-4-6-8-13/h9-13,16H,4-8,17H2,1-3H3/t16-/m0/s1. The Labute approximate surface area is 118 Å². The second-order valence-corrected chi connectivity index (χ2v) is 11.1. The minimum atomic E-state index is -1.51. The van der Waals surface area contributed by atoms with Gasteiger partial charge in [0, 0.05) is 6.04 Å². The summed E-state index contributed by atoms with van der Waals surface area (Å²) in [5, 5.41) is 0. The molecular weight excluding hydrogens is 250 g/mol. The van der Waals surface area contributed by atoms with Gasteiger partial charge in [-0.2, -0.15) is 0 Å². The first kappa shape index (κ1) is 14.6. The van der Waals surface area contributed by atoms with Gasteiger partial charge in [-0.05, 0) is 56.1 Å². The maximum Gasteiger partial charge on any atom is 0.242 e. The van der Waals surface area contributed by atoms with Crippen LogP contribution in [0.2, 0.25) is 19.6 Å². The molecule has 0 unspecified atom stereocenters. The predicted octanol–water partition coefficient (Wildman–Crippen LogP) is 4.48. The van der Waals surface area contributed by atoms with E-state index in [1.807, 2.05) is 0 Å². The molecule has 0 bridgehead atoms. The quantitative estimate of drug-likeness (QED) is 0.824. The molecule has 1 aromatic carbocycles. The van der Waals surface area contributed by atoms with Crippen LogP contribution in [0.25, 0.3) is 0 Å². The minimum absolute atomic E-state index is 0.196. The van der Waals surface area contributed by atoms with E-state index in [4.69, 9.17) is 10.2 Å². The van der Waals surface area contributed by atoms with Crippen molar-refractivity contribution in [2.75, 3.05) is 0 Å². The normalized spacial score (nSPS) is 19.2. The van der Waals surface area contributed by atoms with Crippen LogP contribution in [0, 0.1) is 5.92 Å². The summed E-state index contributed by atoms with van der Waals surface area (Å²) in [5.41, 5.74) is 7.67. The summed E-state index contributed by atoms with van der Waals surface area (Å²) in [5.74, 6) is 1.65. The predicted molar refractivity (Wildman–Crippen MR) is 83.9 cm³/mol. The largest absolute Gasteiger partial charge is 0.544 e. The lowest BCUT2D eigenvalue weighted by atomic mass is 9.81. The molecule has 0 amide bonds. The molecule has 1 fully saturated rings. The fourth-order valence-corrected chi connectivity index (χ4v) is 3.72. The number of nitrogens with two attached hydrogens (primary N) is 1. The first-order valence-corrected chi connectivity index (χ1v) is 10.9. The molecule has 0 heterocycles. The van der Waals surface area contributed by atoms with Crippen LogP contribution in [0.1, 0.15) is 43.7 Å². The number of benzene rings is 1. The van der Waals surface area contributed by atoms with Gasteiger partial charge in [0.05, 0.1) is 0 Å². The monoisotopic (exact) mass is 277 g/mol. The second-order valence-electron chi connectivity index (χ2n) is 6.71. The summed E-state index contributed by atoms with van der Waals surface area (Å²) in [7, 11) is -1.51. The fourth-order valence-electron chi connectivity index (χ4n) is 2.88. The van der Waals surface area contributed by atoms with Crippen molar-refractivity contribution >= 4 is 8.32 Å². The average molecular weight is 277 g/mol. The van der Waals surface area contributed by atoms with E-state index in [0.29, 0.717) is 5.92 Å². The van der Waals surface area contributed by atoms with Gasteiger partial charge in [-0.25, -0.2) is 0 Å². The lowest BCUT2D eigenvalue weighted by Crippen LogP contribution is -2.29. The van der Waals surface area contributed by atoms with Crippen molar-refractivity contribution in [3.63, 3.8) is 0 Å². The molecule has 1 aliphatic rings. The Bertz CT molecular complexity index is 390. The summed E-state index contributed by atoms with van der Waals surface area (Å²) >= 11 is 0. The van der Waals surface area contributed by atoms with Crippen LogP contribution in [-0.4, -0.2) is 8.32 Å². The van der Waals surface area contributed by atoms with Gasteiger partial charge in [-0.1, -0.05) is 31.4 Å². The van der Waals surface area contributed by atoms with Crippen molar-refractivity contribution in [1.82, 2.24) is 0 Å². The van der Waals surface area contributed by atoms with Crippen molar-refractivity contribution < 1.29 is 4.43 Å². The SMILES string of the molecule is C[Si](C)(C)Oc1ccc([C@@H](N)C2CCCCC2)cc1. The molecule has 2 N–H and O–H groups in total. The van der Waals surface area contributed by atoms with Crippen LogP contribution in [0.5, 0.6) is 5.75 Å². The summed E-state index contributed by atoms with van der Waals surface area (Å²) in [6, 6.07) is 8.65. The Morgan fingerprint density at radius 2 is 1.63 bits per heavy atom. The van der Waals surface area contributed by atoms with Gasteiger partial charge in [-0.15, -0.1) is 0 Å². The molecule has 0 radical (unpaired) electrons. The third-order valence-corrected chi connectivity index (χ3v) is 4.69. The van der Waals surface area contributed by atoms with Gasteiger partial charge in [0.1, 0.15) is 5.75 Å². The van der Waals surface area contributed by atoms with E-state index in [2.05, 4.69) is 43.9 Å². The number of hydrogen-bond donors (Lipinski definition) is 1. The van der Waals surface area contributed by atoms with Gasteiger partial charge < -0.3 is 10.2 Å². The molecule has 2 nitrogen and oxygen atoms in total. The molecular formula is C16H27NOSi. The lowest BCUT2D eigenvalue weighted by molar-refractivity contribution is 0.308. The van der Waals surface area contributed by atoms with Crippen LogP contribution in [0.15, 0.2) is 24.3 Å². The van der Waals surface area contributed by atoms with Crippen LogP contribution >= 0.6 is 0 Å². The first-order valence-electron chi connectivity index (χ1n) is 7.50. The highest BCUT2D eigenvalue weighted by molar-refractivity contribution is 6.70. The summed E-state index contributed by atoms with van der Waals surface area (Å²) in [6.07, 6.45) is 6.64. The first-order chi connectivity index (χ1) is 8.96. The van der Waals surface area contributed by atoms with Crippen molar-refractivity contribution in [2.24, 2.45) is 11.7 Å². The highest BCUT2D eigenvalue weighted by atomic mass is 28.4. The van der Waals surface area contributed by atoms with E-state index < -0.39 is 8.32 Å². The van der Waals surface area contributed by atoms with E-state index in [1.165, 1.54) is 37.7 Å². The van der Waals surface area contributed by atoms with Gasteiger partial charge >= 0.3 is 0 Å². The number of hydrogen-bond acceptors (Lipinski definition) is 2. The Hall–Kier alpha value is -0.803. The van der Waals surface area contributed by atoms with E-state index >= 15 is 0 Å². The molecule has 1 aliphatic carbocycles. The molecule has 2 rings (SSSR count). The maximum atomic E-state index is 6.41. The van der Waals surface area contributed by atoms with Gasteiger partial charge in [0.2, 0.25) is 8.32 Å². The summed E-state index contributed by atoms with van der Waals surface area (Å²) < 4.78 is 5.98. The highest BCUT2D eigenvalue weighted by Crippen LogP contribution is 2.33. The minimum Gasteiger partial charge on any atom is -0.544 e. The third kappa shape index (κ3) is 4.36. The topological polar surface area (TPSA) is 35.2 Å². The van der Waals surface area contributed by atoms with Gasteiger partial charge in [-0.3, -0.25) is 0 Å². The molecule has 1 aromatic rings. The second kappa shape index (κ2) is 6.10. The van der Waals surface area contributed by atoms with Crippen molar-refractivity contribution in [3.8, 4) is 5.75 Å². The summed E-state index contributed by atoms with van der Waals surface area (Å²) in [4.78, 5) is 0. The van der Waals surface area contributed by atoms with Crippen LogP contribution < -0.4 is 10.2 Å².